The van der Waals surface area contributed by atoms with E-state index in [1.807, 2.05) is 19.2 Å². The molecule has 0 radical (unpaired) electrons. The van der Waals surface area contributed by atoms with Gasteiger partial charge in [0.15, 0.2) is 0 Å². The molecule has 0 saturated heterocycles. The number of hydrogen-bond acceptors (Lipinski definition) is 4. The van der Waals surface area contributed by atoms with E-state index in [-0.39, 0.29) is 12.6 Å². The minimum absolute atomic E-state index is 0.271. The molecule has 106 valence electrons. The lowest BCUT2D eigenvalue weighted by Crippen LogP contribution is -2.43. The van der Waals surface area contributed by atoms with Crippen molar-refractivity contribution < 1.29 is 14.7 Å². The minimum atomic E-state index is -1.00. The molecule has 0 aliphatic carbocycles. The lowest BCUT2D eigenvalue weighted by atomic mass is 10.4. The molecule has 1 aromatic rings. The number of carboxylic acid groups (broad SMARTS) is 1. The Bertz CT molecular complexity index is 447. The van der Waals surface area contributed by atoms with E-state index in [1.54, 1.807) is 7.05 Å². The quantitative estimate of drug-likeness (QED) is 0.865. The summed E-state index contributed by atoms with van der Waals surface area (Å²) >= 11 is 1.53. The van der Waals surface area contributed by atoms with Gasteiger partial charge in [-0.3, -0.25) is 4.79 Å². The molecule has 0 saturated carbocycles. The van der Waals surface area contributed by atoms with Gasteiger partial charge < -0.3 is 14.9 Å². The molecular formula is C12H19N3O3S. The Hall–Kier alpha value is -1.63. The topological polar surface area (TPSA) is 73.7 Å². The van der Waals surface area contributed by atoms with Crippen LogP contribution in [0.25, 0.3) is 0 Å². The van der Waals surface area contributed by atoms with Crippen LogP contribution in [-0.2, 0) is 11.3 Å². The van der Waals surface area contributed by atoms with Gasteiger partial charge in [-0.1, -0.05) is 6.92 Å². The van der Waals surface area contributed by atoms with Crippen LogP contribution >= 0.6 is 11.3 Å². The third-order valence-corrected chi connectivity index (χ3v) is 3.30. The third-order valence-electron chi connectivity index (χ3n) is 2.48. The van der Waals surface area contributed by atoms with E-state index in [1.165, 1.54) is 21.1 Å². The lowest BCUT2D eigenvalue weighted by molar-refractivity contribution is -0.137. The maximum Gasteiger partial charge on any atom is 0.323 e. The summed E-state index contributed by atoms with van der Waals surface area (Å²) in [5.74, 6) is -1.00. The van der Waals surface area contributed by atoms with Crippen LogP contribution in [0.2, 0.25) is 0 Å². The fourth-order valence-corrected chi connectivity index (χ4v) is 2.31. The molecule has 0 aliphatic heterocycles. The Morgan fingerprint density at radius 2 is 2.16 bits per heavy atom. The summed E-state index contributed by atoms with van der Waals surface area (Å²) in [5, 5.41) is 11.7. The second-order valence-corrected chi connectivity index (χ2v) is 5.37. The van der Waals surface area contributed by atoms with Crippen molar-refractivity contribution in [2.45, 2.75) is 26.8 Å². The highest BCUT2D eigenvalue weighted by Gasteiger charge is 2.20. The van der Waals surface area contributed by atoms with Gasteiger partial charge in [0, 0.05) is 19.0 Å². The zero-order valence-electron chi connectivity index (χ0n) is 11.4. The van der Waals surface area contributed by atoms with Crippen molar-refractivity contribution in [1.82, 2.24) is 14.8 Å². The summed E-state index contributed by atoms with van der Waals surface area (Å²) in [6.07, 6.45) is 0.725. The first-order chi connectivity index (χ1) is 8.93. The van der Waals surface area contributed by atoms with Crippen LogP contribution in [-0.4, -0.2) is 52.0 Å². The summed E-state index contributed by atoms with van der Waals surface area (Å²) in [6.45, 7) is 4.37. The van der Waals surface area contributed by atoms with Crippen LogP contribution in [0.1, 0.15) is 24.0 Å². The van der Waals surface area contributed by atoms with Crippen molar-refractivity contribution in [2.75, 3.05) is 20.1 Å². The maximum atomic E-state index is 12.1. The lowest BCUT2D eigenvalue weighted by Gasteiger charge is -2.26. The molecule has 0 aliphatic rings. The first-order valence-corrected chi connectivity index (χ1v) is 6.94. The predicted molar refractivity (Wildman–Crippen MR) is 73.2 cm³/mol. The van der Waals surface area contributed by atoms with Gasteiger partial charge in [-0.05, 0) is 13.3 Å². The second-order valence-electron chi connectivity index (χ2n) is 4.31. The van der Waals surface area contributed by atoms with Gasteiger partial charge in [-0.2, -0.15) is 0 Å². The minimum Gasteiger partial charge on any atom is -0.480 e. The Balaban J connectivity index is 2.64. The van der Waals surface area contributed by atoms with E-state index in [2.05, 4.69) is 4.98 Å². The molecule has 0 bridgehead atoms. The molecule has 1 N–H and O–H groups in total. The van der Waals surface area contributed by atoms with Crippen molar-refractivity contribution in [3.8, 4) is 0 Å². The molecule has 1 rings (SSSR count). The number of carbonyl (C=O) groups excluding carboxylic acids is 1. The van der Waals surface area contributed by atoms with Crippen LogP contribution in [0.15, 0.2) is 5.38 Å². The molecule has 1 heterocycles. The number of carboxylic acids is 1. The first kappa shape index (κ1) is 15.4. The molecule has 0 aromatic carbocycles. The van der Waals surface area contributed by atoms with E-state index >= 15 is 0 Å². The van der Waals surface area contributed by atoms with Crippen LogP contribution in [0.3, 0.4) is 0 Å². The maximum absolute atomic E-state index is 12.1. The Morgan fingerprint density at radius 1 is 1.47 bits per heavy atom. The number of amides is 2. The Labute approximate surface area is 116 Å². The largest absolute Gasteiger partial charge is 0.480 e. The van der Waals surface area contributed by atoms with Gasteiger partial charge in [0.25, 0.3) is 0 Å². The van der Waals surface area contributed by atoms with Gasteiger partial charge in [0.05, 0.1) is 17.2 Å². The van der Waals surface area contributed by atoms with E-state index in [9.17, 15) is 9.59 Å². The summed E-state index contributed by atoms with van der Waals surface area (Å²) in [6, 6.07) is -0.282. The van der Waals surface area contributed by atoms with Crippen LogP contribution in [0.4, 0.5) is 4.79 Å². The number of aromatic nitrogens is 1. The number of aryl methyl sites for hydroxylation is 1. The fourth-order valence-electron chi connectivity index (χ4n) is 1.71. The zero-order chi connectivity index (χ0) is 14.4. The average Bonchev–Trinajstić information content (AvgIpc) is 2.72. The zero-order valence-corrected chi connectivity index (χ0v) is 12.2. The molecule has 0 fully saturated rings. The number of rotatable bonds is 6. The number of aliphatic carboxylic acids is 1. The second kappa shape index (κ2) is 7.08. The Kier molecular flexibility index (Phi) is 5.75. The smallest absolute Gasteiger partial charge is 0.323 e. The summed E-state index contributed by atoms with van der Waals surface area (Å²) in [4.78, 5) is 30.0. The summed E-state index contributed by atoms with van der Waals surface area (Å²) in [5.41, 5.74) is 0.824. The SMILES string of the molecule is CCCN(CC(=O)O)C(=O)N(C)Cc1csc(C)n1. The highest BCUT2D eigenvalue weighted by Crippen LogP contribution is 2.11. The van der Waals surface area contributed by atoms with Crippen molar-refractivity contribution in [3.05, 3.63) is 16.1 Å². The van der Waals surface area contributed by atoms with Gasteiger partial charge in [0.2, 0.25) is 0 Å². The monoisotopic (exact) mass is 285 g/mol. The van der Waals surface area contributed by atoms with E-state index in [4.69, 9.17) is 5.11 Å². The number of carbonyl (C=O) groups is 2. The van der Waals surface area contributed by atoms with Gasteiger partial charge in [-0.15, -0.1) is 11.3 Å². The molecule has 0 atom stereocenters. The van der Waals surface area contributed by atoms with Crippen LogP contribution in [0.5, 0.6) is 0 Å². The van der Waals surface area contributed by atoms with Crippen molar-refractivity contribution in [3.63, 3.8) is 0 Å². The van der Waals surface area contributed by atoms with Crippen LogP contribution in [0, 0.1) is 6.92 Å². The molecule has 1 aromatic heterocycles. The van der Waals surface area contributed by atoms with Gasteiger partial charge in [-0.25, -0.2) is 9.78 Å². The molecule has 0 spiro atoms. The van der Waals surface area contributed by atoms with E-state index < -0.39 is 5.97 Å². The Morgan fingerprint density at radius 3 is 2.63 bits per heavy atom. The standard InChI is InChI=1S/C12H19N3O3S/c1-4-5-15(7-11(16)17)12(18)14(3)6-10-8-19-9(2)13-10/h8H,4-7H2,1-3H3,(H,16,17). The van der Waals surface area contributed by atoms with Crippen molar-refractivity contribution in [1.29, 1.82) is 0 Å². The first-order valence-electron chi connectivity index (χ1n) is 6.06. The van der Waals surface area contributed by atoms with E-state index in [0.29, 0.717) is 13.1 Å². The molecule has 2 amide bonds. The molecule has 7 heteroatoms. The summed E-state index contributed by atoms with van der Waals surface area (Å²) in [7, 11) is 1.65. The molecule has 6 nitrogen and oxygen atoms in total. The van der Waals surface area contributed by atoms with Crippen molar-refractivity contribution in [2.24, 2.45) is 0 Å². The van der Waals surface area contributed by atoms with Gasteiger partial charge in [0.1, 0.15) is 6.54 Å². The number of hydrogen-bond donors (Lipinski definition) is 1. The van der Waals surface area contributed by atoms with E-state index in [0.717, 1.165) is 17.1 Å². The highest BCUT2D eigenvalue weighted by atomic mass is 32.1. The highest BCUT2D eigenvalue weighted by molar-refractivity contribution is 7.09. The number of thiazole rings is 1. The fraction of sp³-hybridized carbons (Fsp3) is 0.583. The third kappa shape index (κ3) is 4.86. The van der Waals surface area contributed by atoms with Crippen LogP contribution < -0.4 is 0 Å². The predicted octanol–water partition coefficient (Wildman–Crippen LogP) is 1.80. The molecule has 0 unspecified atom stereocenters. The number of nitrogens with zero attached hydrogens (tertiary/aromatic N) is 3. The molecular weight excluding hydrogens is 266 g/mol. The average molecular weight is 285 g/mol. The number of urea groups is 1. The van der Waals surface area contributed by atoms with Gasteiger partial charge >= 0.3 is 12.0 Å². The summed E-state index contributed by atoms with van der Waals surface area (Å²) < 4.78 is 0. The molecule has 19 heavy (non-hydrogen) atoms. The van der Waals surface area contributed by atoms with Crippen molar-refractivity contribution >= 4 is 23.3 Å². The normalized spacial score (nSPS) is 10.3.